The lowest BCUT2D eigenvalue weighted by Crippen LogP contribution is -2.61. The summed E-state index contributed by atoms with van der Waals surface area (Å²) in [6.45, 7) is 6.70. The molecule has 14 nitrogen and oxygen atoms in total. The number of hydrazone groups is 2. The van der Waals surface area contributed by atoms with Crippen LogP contribution in [0.3, 0.4) is 0 Å². The quantitative estimate of drug-likeness (QED) is 0.0840. The van der Waals surface area contributed by atoms with E-state index in [4.69, 9.17) is 34.0 Å². The van der Waals surface area contributed by atoms with E-state index < -0.39 is 41.8 Å². The molecule has 0 saturated carbocycles. The van der Waals surface area contributed by atoms with E-state index in [0.717, 1.165) is 0 Å². The predicted octanol–water partition coefficient (Wildman–Crippen LogP) is 2.90. The van der Waals surface area contributed by atoms with Gasteiger partial charge in [0.25, 0.3) is 20.2 Å². The van der Waals surface area contributed by atoms with Crippen LogP contribution in [-0.2, 0) is 29.7 Å². The minimum atomic E-state index is -5.07. The summed E-state index contributed by atoms with van der Waals surface area (Å²) in [4.78, 5) is 0. The Kier molecular flexibility index (Phi) is 8.64. The van der Waals surface area contributed by atoms with Gasteiger partial charge in [-0.05, 0) is 83.3 Å². The summed E-state index contributed by atoms with van der Waals surface area (Å²) in [5, 5.41) is 24.7. The van der Waals surface area contributed by atoms with Gasteiger partial charge in [-0.15, -0.1) is 0 Å². The topological polar surface area (TPSA) is 285 Å². The van der Waals surface area contributed by atoms with Gasteiger partial charge >= 0.3 is 0 Å². The van der Waals surface area contributed by atoms with E-state index in [1.54, 1.807) is 88.4 Å². The second-order valence-electron chi connectivity index (χ2n) is 13.2. The zero-order valence-electron chi connectivity index (χ0n) is 28.6. The molecule has 0 aromatic heterocycles. The van der Waals surface area contributed by atoms with Crippen molar-refractivity contribution < 1.29 is 25.9 Å². The molecule has 0 saturated heterocycles. The molecule has 6 rings (SSSR count). The van der Waals surface area contributed by atoms with Crippen LogP contribution in [0.2, 0.25) is 0 Å². The minimum absolute atomic E-state index is 0.102. The lowest BCUT2D eigenvalue weighted by atomic mass is 9.70. The smallest absolute Gasteiger partial charge is 0.281 e. The molecule has 52 heavy (non-hydrogen) atoms. The second kappa shape index (κ2) is 12.3. The van der Waals surface area contributed by atoms with Crippen molar-refractivity contribution in [3.8, 4) is 11.1 Å². The summed E-state index contributed by atoms with van der Waals surface area (Å²) in [7, 11) is -10.1. The van der Waals surface area contributed by atoms with Crippen molar-refractivity contribution in [2.45, 2.75) is 49.3 Å². The van der Waals surface area contributed by atoms with Gasteiger partial charge in [-0.1, -0.05) is 72.8 Å². The van der Waals surface area contributed by atoms with Crippen molar-refractivity contribution in [2.75, 3.05) is 0 Å². The standard InChI is InChI=1S/C36H38N8O6S2/c1-17-13-21(14-18(2)27(17)35(51(45,46)47)25-11-7-5-9-23(25)29(37)31(43-41)33(35)39)22-15-19(3)28(20(4)16-22)36(52(48,49)50)26-12-8-6-10-24(26)30(38)32(44-42)34(36)40/h5-16,33-34,37-38H,39-42H2,1-4H3,(H,45,46,47)(H,48,49,50). The number of benzene rings is 4. The molecule has 0 fully saturated rings. The third-order valence-electron chi connectivity index (χ3n) is 10.4. The molecule has 4 unspecified atom stereocenters. The highest BCUT2D eigenvalue weighted by atomic mass is 32.2. The fraction of sp³-hybridized carbons (Fsp3) is 0.222. The number of nitrogens with one attached hydrogen (secondary N) is 2. The molecule has 0 spiro atoms. The highest BCUT2D eigenvalue weighted by Gasteiger charge is 2.60. The second-order valence-corrected chi connectivity index (χ2v) is 16.4. The van der Waals surface area contributed by atoms with E-state index in [0.29, 0.717) is 33.4 Å². The first-order valence-corrected chi connectivity index (χ1v) is 18.8. The van der Waals surface area contributed by atoms with Crippen molar-refractivity contribution in [1.82, 2.24) is 0 Å². The zero-order chi connectivity index (χ0) is 38.3. The highest BCUT2D eigenvalue weighted by Crippen LogP contribution is 2.50. The average Bonchev–Trinajstić information content (AvgIpc) is 3.06. The van der Waals surface area contributed by atoms with E-state index >= 15 is 0 Å². The highest BCUT2D eigenvalue weighted by molar-refractivity contribution is 7.87. The van der Waals surface area contributed by atoms with Crippen molar-refractivity contribution in [3.05, 3.63) is 128 Å². The summed E-state index contributed by atoms with van der Waals surface area (Å²) in [5.74, 6) is 11.3. The maximum absolute atomic E-state index is 13.7. The predicted molar refractivity (Wildman–Crippen MR) is 201 cm³/mol. The van der Waals surface area contributed by atoms with Gasteiger partial charge < -0.3 is 23.2 Å². The van der Waals surface area contributed by atoms with Gasteiger partial charge in [-0.2, -0.15) is 27.0 Å². The molecule has 16 heteroatoms. The molecule has 2 aliphatic carbocycles. The molecule has 2 aliphatic rings. The third-order valence-corrected chi connectivity index (χ3v) is 13.4. The van der Waals surface area contributed by atoms with Gasteiger partial charge in [-0.3, -0.25) is 19.9 Å². The zero-order valence-corrected chi connectivity index (χ0v) is 30.3. The van der Waals surface area contributed by atoms with Crippen LogP contribution in [0, 0.1) is 38.5 Å². The van der Waals surface area contributed by atoms with Crippen molar-refractivity contribution >= 4 is 43.1 Å². The van der Waals surface area contributed by atoms with E-state index in [9.17, 15) is 25.9 Å². The van der Waals surface area contributed by atoms with Crippen molar-refractivity contribution in [3.63, 3.8) is 0 Å². The Balaban J connectivity index is 1.61. The van der Waals surface area contributed by atoms with Crippen LogP contribution in [-0.4, -0.2) is 60.9 Å². The molecule has 4 atom stereocenters. The first-order valence-electron chi connectivity index (χ1n) is 15.9. The third kappa shape index (κ3) is 4.76. The van der Waals surface area contributed by atoms with Crippen LogP contribution in [0.25, 0.3) is 11.1 Å². The SMILES string of the molecule is Cc1cc(-c2cc(C)c(C3(S(=O)(=O)O)c4ccccc4C(=N)C(=NN)C3N)c(C)c2)cc(C)c1C1(S(=O)(=O)O)c2ccccc2C(=N)C(=NN)C1N. The van der Waals surface area contributed by atoms with Crippen molar-refractivity contribution in [2.24, 2.45) is 33.4 Å². The molecule has 0 aliphatic heterocycles. The summed E-state index contributed by atoms with van der Waals surface area (Å²) in [6, 6.07) is 16.3. The first-order chi connectivity index (χ1) is 24.3. The summed E-state index contributed by atoms with van der Waals surface area (Å²) in [5.41, 5.74) is 16.5. The molecule has 0 radical (unpaired) electrons. The summed E-state index contributed by atoms with van der Waals surface area (Å²) >= 11 is 0. The molecule has 270 valence electrons. The Morgan fingerprint density at radius 3 is 1.15 bits per heavy atom. The van der Waals surface area contributed by atoms with Gasteiger partial charge in [0.15, 0.2) is 9.49 Å². The normalized spacial score (nSPS) is 24.9. The molecular formula is C36H38N8O6S2. The first kappa shape index (κ1) is 36.7. The van der Waals surface area contributed by atoms with Gasteiger partial charge in [0.05, 0.1) is 23.5 Å². The lowest BCUT2D eigenvalue weighted by molar-refractivity contribution is 0.433. The van der Waals surface area contributed by atoms with Gasteiger partial charge in [0.2, 0.25) is 0 Å². The van der Waals surface area contributed by atoms with Crippen molar-refractivity contribution in [1.29, 1.82) is 10.8 Å². The van der Waals surface area contributed by atoms with E-state index in [2.05, 4.69) is 10.2 Å². The number of aryl methyl sites for hydroxylation is 4. The van der Waals surface area contributed by atoms with Gasteiger partial charge in [0.1, 0.15) is 11.4 Å². The molecule has 4 aromatic rings. The monoisotopic (exact) mass is 742 g/mol. The number of fused-ring (bicyclic) bond motifs is 2. The molecule has 0 amide bonds. The number of rotatable bonds is 5. The Labute approximate surface area is 301 Å². The molecule has 12 N–H and O–H groups in total. The number of hydrogen-bond donors (Lipinski definition) is 8. The van der Waals surface area contributed by atoms with Crippen LogP contribution in [0.1, 0.15) is 55.6 Å². The van der Waals surface area contributed by atoms with E-state index in [-0.39, 0.29) is 56.2 Å². The molecule has 0 heterocycles. The number of hydrogen-bond acceptors (Lipinski definition) is 12. The number of nitrogens with zero attached hydrogens (tertiary/aromatic N) is 2. The Morgan fingerprint density at radius 2 is 0.885 bits per heavy atom. The van der Waals surface area contributed by atoms with Gasteiger partial charge in [0, 0.05) is 11.1 Å². The summed E-state index contributed by atoms with van der Waals surface area (Å²) in [6.07, 6.45) is 0. The average molecular weight is 743 g/mol. The van der Waals surface area contributed by atoms with Crippen LogP contribution in [0.4, 0.5) is 0 Å². The molecule has 0 bridgehead atoms. The van der Waals surface area contributed by atoms with Crippen LogP contribution in [0.5, 0.6) is 0 Å². The Bertz CT molecular complexity index is 2310. The number of nitrogens with two attached hydrogens (primary N) is 4. The summed E-state index contributed by atoms with van der Waals surface area (Å²) < 4.78 is 72.3. The maximum atomic E-state index is 13.7. The molecule has 4 aromatic carbocycles. The van der Waals surface area contributed by atoms with E-state index in [1.165, 1.54) is 12.1 Å². The van der Waals surface area contributed by atoms with E-state index in [1.807, 2.05) is 0 Å². The van der Waals surface area contributed by atoms with Crippen LogP contribution >= 0.6 is 0 Å². The fourth-order valence-electron chi connectivity index (χ4n) is 8.52. The fourth-order valence-corrected chi connectivity index (χ4v) is 11.5. The Hall–Kier alpha value is -5.10. The largest absolute Gasteiger partial charge is 0.323 e. The lowest BCUT2D eigenvalue weighted by Gasteiger charge is -2.43. The molecular weight excluding hydrogens is 705 g/mol. The minimum Gasteiger partial charge on any atom is -0.323 e. The van der Waals surface area contributed by atoms with Crippen LogP contribution < -0.4 is 23.2 Å². The Morgan fingerprint density at radius 1 is 0.596 bits per heavy atom. The van der Waals surface area contributed by atoms with Crippen LogP contribution in [0.15, 0.2) is 83.0 Å². The van der Waals surface area contributed by atoms with Gasteiger partial charge in [-0.25, -0.2) is 0 Å². The maximum Gasteiger partial charge on any atom is 0.281 e.